The first-order chi connectivity index (χ1) is 16.9. The van der Waals surface area contributed by atoms with Crippen LogP contribution in [0.5, 0.6) is 5.88 Å². The van der Waals surface area contributed by atoms with Gasteiger partial charge in [-0.2, -0.15) is 0 Å². The number of methoxy groups -OCH3 is 1. The van der Waals surface area contributed by atoms with E-state index in [0.717, 1.165) is 55.4 Å². The topological polar surface area (TPSA) is 120 Å². The fraction of sp³-hybridized carbons (Fsp3) is 0.542. The zero-order valence-electron chi connectivity index (χ0n) is 21.0. The standard InChI is InChI=1S/C21H27N7O2S.C3H8O/c1-14-12-22-18(23-13-14)11-15(2)31-27-21-26-25-20(17-5-4-6-19(24-17)29-3)28(21)16-7-9-30-10-8-16;1-3(2)4/h4-6,12-13,15-16H,7-11H2,1-3H3,(H,26,27);3-4H,1-2H3. The number of pyridine rings is 1. The lowest BCUT2D eigenvalue weighted by Gasteiger charge is -2.26. The van der Waals surface area contributed by atoms with E-state index < -0.39 is 0 Å². The molecule has 11 heteroatoms. The third-order valence-electron chi connectivity index (χ3n) is 5.07. The van der Waals surface area contributed by atoms with Crippen molar-refractivity contribution in [3.63, 3.8) is 0 Å². The molecular formula is C24H35N7O3S. The second-order valence-corrected chi connectivity index (χ2v) is 9.88. The van der Waals surface area contributed by atoms with E-state index in [0.29, 0.717) is 11.8 Å². The van der Waals surface area contributed by atoms with Gasteiger partial charge in [0.1, 0.15) is 11.5 Å². The van der Waals surface area contributed by atoms with Crippen molar-refractivity contribution in [3.05, 3.63) is 42.0 Å². The number of ether oxygens (including phenoxy) is 2. The number of aliphatic hydroxyl groups excluding tert-OH is 1. The average Bonchev–Trinajstić information content (AvgIpc) is 3.28. The van der Waals surface area contributed by atoms with E-state index in [1.807, 2.05) is 37.5 Å². The smallest absolute Gasteiger partial charge is 0.235 e. The minimum Gasteiger partial charge on any atom is -0.481 e. The normalized spacial score (nSPS) is 14.8. The van der Waals surface area contributed by atoms with Crippen LogP contribution in [0.25, 0.3) is 11.5 Å². The second kappa shape index (κ2) is 13.4. The molecule has 0 spiro atoms. The van der Waals surface area contributed by atoms with Gasteiger partial charge in [0.15, 0.2) is 5.82 Å². The highest BCUT2D eigenvalue weighted by atomic mass is 32.2. The molecule has 1 aliphatic rings. The third kappa shape index (κ3) is 8.15. The Morgan fingerprint density at radius 1 is 1.17 bits per heavy atom. The van der Waals surface area contributed by atoms with Crippen LogP contribution >= 0.6 is 11.9 Å². The van der Waals surface area contributed by atoms with Crippen molar-refractivity contribution in [1.29, 1.82) is 0 Å². The van der Waals surface area contributed by atoms with Gasteiger partial charge >= 0.3 is 0 Å². The summed E-state index contributed by atoms with van der Waals surface area (Å²) >= 11 is 1.59. The van der Waals surface area contributed by atoms with Crippen molar-refractivity contribution in [1.82, 2.24) is 29.7 Å². The highest BCUT2D eigenvalue weighted by Crippen LogP contribution is 2.32. The molecule has 4 heterocycles. The van der Waals surface area contributed by atoms with Gasteiger partial charge in [-0.3, -0.25) is 9.29 Å². The van der Waals surface area contributed by atoms with Crippen LogP contribution in [0.4, 0.5) is 5.95 Å². The van der Waals surface area contributed by atoms with Crippen molar-refractivity contribution >= 4 is 17.9 Å². The molecule has 0 aliphatic carbocycles. The Kier molecular flexibility index (Phi) is 10.2. The molecule has 0 amide bonds. The summed E-state index contributed by atoms with van der Waals surface area (Å²) in [6, 6.07) is 5.90. The maximum absolute atomic E-state index is 8.06. The molecule has 2 N–H and O–H groups in total. The van der Waals surface area contributed by atoms with Crippen LogP contribution in [-0.2, 0) is 11.2 Å². The SMILES string of the molecule is CC(C)O.COc1cccc(-c2nnc(NSC(C)Cc3ncc(C)cn3)n2C2CCOCC2)n1. The Labute approximate surface area is 211 Å². The number of hydrogen-bond acceptors (Lipinski definition) is 10. The number of aryl methyl sites for hydroxylation is 1. The lowest BCUT2D eigenvalue weighted by atomic mass is 10.1. The van der Waals surface area contributed by atoms with Crippen LogP contribution in [-0.4, -0.2) is 66.5 Å². The van der Waals surface area contributed by atoms with E-state index in [1.165, 1.54) is 0 Å². The van der Waals surface area contributed by atoms with Crippen LogP contribution in [0.15, 0.2) is 30.6 Å². The van der Waals surface area contributed by atoms with Gasteiger partial charge in [-0.25, -0.2) is 15.0 Å². The fourth-order valence-corrected chi connectivity index (χ4v) is 4.13. The maximum Gasteiger partial charge on any atom is 0.235 e. The van der Waals surface area contributed by atoms with Crippen molar-refractivity contribution in [2.45, 2.75) is 64.4 Å². The van der Waals surface area contributed by atoms with Crippen LogP contribution < -0.4 is 9.46 Å². The van der Waals surface area contributed by atoms with E-state index >= 15 is 0 Å². The number of anilines is 1. The Morgan fingerprint density at radius 3 is 2.51 bits per heavy atom. The predicted octanol–water partition coefficient (Wildman–Crippen LogP) is 3.88. The van der Waals surface area contributed by atoms with E-state index in [2.05, 4.69) is 41.4 Å². The largest absolute Gasteiger partial charge is 0.481 e. The zero-order valence-corrected chi connectivity index (χ0v) is 21.8. The van der Waals surface area contributed by atoms with Crippen LogP contribution in [0, 0.1) is 6.92 Å². The first-order valence-corrected chi connectivity index (χ1v) is 12.7. The van der Waals surface area contributed by atoms with Crippen molar-refractivity contribution < 1.29 is 14.6 Å². The number of nitrogens with one attached hydrogen (secondary N) is 1. The van der Waals surface area contributed by atoms with Gasteiger partial charge in [0, 0.05) is 55.5 Å². The van der Waals surface area contributed by atoms with Gasteiger partial charge in [0.05, 0.1) is 7.11 Å². The van der Waals surface area contributed by atoms with E-state index in [1.54, 1.807) is 32.9 Å². The molecule has 0 aromatic carbocycles. The minimum atomic E-state index is -0.167. The highest BCUT2D eigenvalue weighted by Gasteiger charge is 2.25. The Hall–Kier alpha value is -2.76. The van der Waals surface area contributed by atoms with Gasteiger partial charge in [-0.1, -0.05) is 13.0 Å². The summed E-state index contributed by atoms with van der Waals surface area (Å²) in [5.41, 5.74) is 1.79. The number of nitrogens with zero attached hydrogens (tertiary/aromatic N) is 6. The molecule has 1 fully saturated rings. The molecule has 1 atom stereocenters. The molecule has 3 aromatic rings. The zero-order chi connectivity index (χ0) is 25.2. The molecule has 1 saturated heterocycles. The number of rotatable bonds is 8. The number of aliphatic hydroxyl groups is 1. The summed E-state index contributed by atoms with van der Waals surface area (Å²) in [4.78, 5) is 13.4. The first kappa shape index (κ1) is 26.8. The van der Waals surface area contributed by atoms with Crippen molar-refractivity contribution in [2.24, 2.45) is 0 Å². The second-order valence-electron chi connectivity index (χ2n) is 8.63. The lowest BCUT2D eigenvalue weighted by molar-refractivity contribution is 0.0704. The lowest BCUT2D eigenvalue weighted by Crippen LogP contribution is -2.22. The molecule has 1 unspecified atom stereocenters. The van der Waals surface area contributed by atoms with Crippen molar-refractivity contribution in [2.75, 3.05) is 25.0 Å². The summed E-state index contributed by atoms with van der Waals surface area (Å²) in [5, 5.41) is 17.2. The Bertz CT molecular complexity index is 1040. The summed E-state index contributed by atoms with van der Waals surface area (Å²) in [7, 11) is 1.61. The minimum absolute atomic E-state index is 0.167. The molecular weight excluding hydrogens is 466 g/mol. The molecule has 35 heavy (non-hydrogen) atoms. The van der Waals surface area contributed by atoms with Gasteiger partial charge in [0.25, 0.3) is 0 Å². The Balaban J connectivity index is 0.000000795. The van der Waals surface area contributed by atoms with E-state index in [-0.39, 0.29) is 17.4 Å². The van der Waals surface area contributed by atoms with E-state index in [4.69, 9.17) is 14.6 Å². The molecule has 0 radical (unpaired) electrons. The maximum atomic E-state index is 8.06. The van der Waals surface area contributed by atoms with Gasteiger partial charge < -0.3 is 14.6 Å². The summed E-state index contributed by atoms with van der Waals surface area (Å²) in [6.45, 7) is 9.02. The molecule has 0 saturated carbocycles. The predicted molar refractivity (Wildman–Crippen MR) is 137 cm³/mol. The molecule has 1 aliphatic heterocycles. The molecule has 10 nitrogen and oxygen atoms in total. The van der Waals surface area contributed by atoms with Gasteiger partial charge in [-0.15, -0.1) is 10.2 Å². The molecule has 190 valence electrons. The third-order valence-corrected chi connectivity index (χ3v) is 5.94. The van der Waals surface area contributed by atoms with Gasteiger partial charge in [-0.05, 0) is 57.2 Å². The fourth-order valence-electron chi connectivity index (χ4n) is 3.45. The van der Waals surface area contributed by atoms with Crippen molar-refractivity contribution in [3.8, 4) is 17.4 Å². The molecule has 3 aromatic heterocycles. The van der Waals surface area contributed by atoms with Crippen LogP contribution in [0.1, 0.15) is 51.0 Å². The quantitative estimate of drug-likeness (QED) is 0.440. The average molecular weight is 502 g/mol. The van der Waals surface area contributed by atoms with Crippen LogP contribution in [0.2, 0.25) is 0 Å². The number of aromatic nitrogens is 6. The molecule has 4 rings (SSSR count). The number of hydrogen-bond donors (Lipinski definition) is 2. The summed E-state index contributed by atoms with van der Waals surface area (Å²) < 4.78 is 16.4. The Morgan fingerprint density at radius 2 is 1.86 bits per heavy atom. The van der Waals surface area contributed by atoms with Crippen LogP contribution in [0.3, 0.4) is 0 Å². The summed E-state index contributed by atoms with van der Waals surface area (Å²) in [5.74, 6) is 2.82. The highest BCUT2D eigenvalue weighted by molar-refractivity contribution is 8.01. The summed E-state index contributed by atoms with van der Waals surface area (Å²) in [6.07, 6.45) is 6.10. The first-order valence-electron chi connectivity index (χ1n) is 11.8. The van der Waals surface area contributed by atoms with E-state index in [9.17, 15) is 0 Å². The monoisotopic (exact) mass is 501 g/mol. The molecule has 0 bridgehead atoms. The van der Waals surface area contributed by atoms with Gasteiger partial charge in [0.2, 0.25) is 11.8 Å².